The standard InChI is InChI=1S/C11H19NO5.CH4O/c1-11(2,3)17-10(16)12(6-4-8-13)7-5-9(14)15;1-2/h8H,4-7H2,1-3H3,(H,14,15);2H,1H3. The van der Waals surface area contributed by atoms with Gasteiger partial charge in [-0.3, -0.25) is 4.79 Å². The molecular weight excluding hydrogens is 254 g/mol. The quantitative estimate of drug-likeness (QED) is 0.699. The van der Waals surface area contributed by atoms with Crippen LogP contribution in [0.4, 0.5) is 4.79 Å². The number of rotatable bonds is 6. The second-order valence-electron chi connectivity index (χ2n) is 4.57. The number of amides is 1. The van der Waals surface area contributed by atoms with E-state index < -0.39 is 17.7 Å². The van der Waals surface area contributed by atoms with Gasteiger partial charge in [-0.2, -0.15) is 0 Å². The van der Waals surface area contributed by atoms with Gasteiger partial charge < -0.3 is 24.6 Å². The number of aliphatic carboxylic acids is 1. The summed E-state index contributed by atoms with van der Waals surface area (Å²) in [4.78, 5) is 33.6. The second-order valence-corrected chi connectivity index (χ2v) is 4.57. The lowest BCUT2D eigenvalue weighted by Crippen LogP contribution is -2.38. The van der Waals surface area contributed by atoms with E-state index in [0.29, 0.717) is 6.29 Å². The lowest BCUT2D eigenvalue weighted by atomic mass is 10.2. The summed E-state index contributed by atoms with van der Waals surface area (Å²) in [6.07, 6.45) is 0.0790. The summed E-state index contributed by atoms with van der Waals surface area (Å²) in [6, 6.07) is 0. The molecule has 0 saturated heterocycles. The number of carbonyl (C=O) groups is 3. The number of nitrogens with zero attached hydrogens (tertiary/aromatic N) is 1. The Hall–Kier alpha value is -1.63. The molecule has 0 fully saturated rings. The molecule has 2 N–H and O–H groups in total. The number of aldehydes is 1. The third-order valence-electron chi connectivity index (χ3n) is 1.76. The van der Waals surface area contributed by atoms with Gasteiger partial charge in [0.05, 0.1) is 6.42 Å². The Morgan fingerprint density at radius 3 is 2.11 bits per heavy atom. The van der Waals surface area contributed by atoms with Crippen LogP contribution >= 0.6 is 0 Å². The van der Waals surface area contributed by atoms with E-state index in [1.54, 1.807) is 20.8 Å². The first-order valence-electron chi connectivity index (χ1n) is 5.84. The van der Waals surface area contributed by atoms with Crippen LogP contribution in [0.5, 0.6) is 0 Å². The number of carboxylic acids is 1. The fourth-order valence-electron chi connectivity index (χ4n) is 1.06. The Kier molecular flexibility index (Phi) is 10.7. The molecule has 0 heterocycles. The molecular formula is C12H23NO6. The van der Waals surface area contributed by atoms with E-state index in [1.165, 1.54) is 4.90 Å². The topological polar surface area (TPSA) is 104 Å². The molecule has 0 bridgehead atoms. The molecule has 1 amide bonds. The van der Waals surface area contributed by atoms with Gasteiger partial charge in [0.15, 0.2) is 0 Å². The van der Waals surface area contributed by atoms with Crippen molar-refractivity contribution in [1.82, 2.24) is 4.90 Å². The first kappa shape index (κ1) is 19.7. The van der Waals surface area contributed by atoms with Gasteiger partial charge in [0.1, 0.15) is 11.9 Å². The number of ether oxygens (including phenoxy) is 1. The van der Waals surface area contributed by atoms with Crippen LogP contribution in [0.15, 0.2) is 0 Å². The summed E-state index contributed by atoms with van der Waals surface area (Å²) in [5.41, 5.74) is -0.639. The number of hydrogen-bond donors (Lipinski definition) is 2. The molecule has 0 aromatic carbocycles. The molecule has 0 spiro atoms. The largest absolute Gasteiger partial charge is 0.481 e. The third kappa shape index (κ3) is 12.6. The molecule has 0 aromatic rings. The van der Waals surface area contributed by atoms with Crippen molar-refractivity contribution in [2.24, 2.45) is 0 Å². The summed E-state index contributed by atoms with van der Waals surface area (Å²) >= 11 is 0. The van der Waals surface area contributed by atoms with E-state index in [2.05, 4.69) is 0 Å². The monoisotopic (exact) mass is 277 g/mol. The van der Waals surface area contributed by atoms with Crippen molar-refractivity contribution in [3.63, 3.8) is 0 Å². The molecule has 0 atom stereocenters. The molecule has 0 aromatic heterocycles. The minimum Gasteiger partial charge on any atom is -0.481 e. The summed E-state index contributed by atoms with van der Waals surface area (Å²) < 4.78 is 5.11. The maximum absolute atomic E-state index is 11.7. The van der Waals surface area contributed by atoms with Crippen LogP contribution in [0, 0.1) is 0 Å². The minimum absolute atomic E-state index is 0.0398. The molecule has 7 nitrogen and oxygen atoms in total. The molecule has 7 heteroatoms. The Balaban J connectivity index is 0. The van der Waals surface area contributed by atoms with Crippen LogP contribution in [0.3, 0.4) is 0 Å². The first-order chi connectivity index (χ1) is 8.76. The van der Waals surface area contributed by atoms with Crippen LogP contribution in [0.25, 0.3) is 0 Å². The van der Waals surface area contributed by atoms with E-state index in [4.69, 9.17) is 14.9 Å². The number of carboxylic acid groups (broad SMARTS) is 1. The number of aliphatic hydroxyl groups is 1. The van der Waals surface area contributed by atoms with Gasteiger partial charge in [-0.1, -0.05) is 0 Å². The molecule has 112 valence electrons. The highest BCUT2D eigenvalue weighted by molar-refractivity contribution is 5.71. The van der Waals surface area contributed by atoms with Crippen molar-refractivity contribution in [2.75, 3.05) is 20.2 Å². The van der Waals surface area contributed by atoms with Gasteiger partial charge in [-0.05, 0) is 20.8 Å². The molecule has 0 rings (SSSR count). The Bertz CT molecular complexity index is 284. The summed E-state index contributed by atoms with van der Waals surface area (Å²) in [5, 5.41) is 15.6. The smallest absolute Gasteiger partial charge is 0.410 e. The van der Waals surface area contributed by atoms with Crippen LogP contribution in [0.2, 0.25) is 0 Å². The maximum atomic E-state index is 11.7. The van der Waals surface area contributed by atoms with Crippen molar-refractivity contribution < 1.29 is 29.3 Å². The van der Waals surface area contributed by atoms with E-state index in [9.17, 15) is 14.4 Å². The van der Waals surface area contributed by atoms with E-state index in [-0.39, 0.29) is 25.9 Å². The predicted octanol–water partition coefficient (Wildman–Crippen LogP) is 0.896. The zero-order chi connectivity index (χ0) is 15.5. The zero-order valence-corrected chi connectivity index (χ0v) is 11.9. The zero-order valence-electron chi connectivity index (χ0n) is 11.9. The lowest BCUT2D eigenvalue weighted by Gasteiger charge is -2.26. The Labute approximate surface area is 113 Å². The molecule has 19 heavy (non-hydrogen) atoms. The Morgan fingerprint density at radius 2 is 1.74 bits per heavy atom. The minimum atomic E-state index is -0.996. The van der Waals surface area contributed by atoms with Crippen LogP contribution < -0.4 is 0 Å². The van der Waals surface area contributed by atoms with E-state index in [1.807, 2.05) is 0 Å². The lowest BCUT2D eigenvalue weighted by molar-refractivity contribution is -0.137. The summed E-state index contributed by atoms with van der Waals surface area (Å²) in [7, 11) is 1.00. The van der Waals surface area contributed by atoms with Gasteiger partial charge in [-0.25, -0.2) is 4.79 Å². The van der Waals surface area contributed by atoms with Gasteiger partial charge in [-0.15, -0.1) is 0 Å². The van der Waals surface area contributed by atoms with Gasteiger partial charge in [0, 0.05) is 26.6 Å². The molecule has 0 aliphatic rings. The fraction of sp³-hybridized carbons (Fsp3) is 0.750. The number of hydrogen-bond acceptors (Lipinski definition) is 5. The normalized spacial score (nSPS) is 9.95. The molecule has 0 radical (unpaired) electrons. The van der Waals surface area contributed by atoms with Crippen molar-refractivity contribution >= 4 is 18.3 Å². The summed E-state index contributed by atoms with van der Waals surface area (Å²) in [5.74, 6) is -0.996. The van der Waals surface area contributed by atoms with Crippen molar-refractivity contribution in [3.8, 4) is 0 Å². The predicted molar refractivity (Wildman–Crippen MR) is 68.9 cm³/mol. The fourth-order valence-corrected chi connectivity index (χ4v) is 1.06. The van der Waals surface area contributed by atoms with Gasteiger partial charge in [0.25, 0.3) is 0 Å². The van der Waals surface area contributed by atoms with Crippen molar-refractivity contribution in [2.45, 2.75) is 39.2 Å². The van der Waals surface area contributed by atoms with Crippen molar-refractivity contribution in [1.29, 1.82) is 0 Å². The Morgan fingerprint density at radius 1 is 1.21 bits per heavy atom. The van der Waals surface area contributed by atoms with E-state index in [0.717, 1.165) is 7.11 Å². The van der Waals surface area contributed by atoms with Gasteiger partial charge >= 0.3 is 12.1 Å². The molecule has 0 aliphatic carbocycles. The SMILES string of the molecule is CC(C)(C)OC(=O)N(CCC=O)CCC(=O)O.CO. The molecule has 0 aliphatic heterocycles. The van der Waals surface area contributed by atoms with Gasteiger partial charge in [0.2, 0.25) is 0 Å². The van der Waals surface area contributed by atoms with Crippen LogP contribution in [0.1, 0.15) is 33.6 Å². The van der Waals surface area contributed by atoms with Crippen LogP contribution in [-0.2, 0) is 14.3 Å². The number of carbonyl (C=O) groups excluding carboxylic acids is 2. The van der Waals surface area contributed by atoms with Crippen LogP contribution in [-0.4, -0.2) is 59.3 Å². The third-order valence-corrected chi connectivity index (χ3v) is 1.76. The highest BCUT2D eigenvalue weighted by Gasteiger charge is 2.22. The first-order valence-corrected chi connectivity index (χ1v) is 5.84. The van der Waals surface area contributed by atoms with Crippen molar-refractivity contribution in [3.05, 3.63) is 0 Å². The summed E-state index contributed by atoms with van der Waals surface area (Å²) in [6.45, 7) is 5.38. The second kappa shape index (κ2) is 10.3. The average Bonchev–Trinajstić information content (AvgIpc) is 2.29. The highest BCUT2D eigenvalue weighted by atomic mass is 16.6. The maximum Gasteiger partial charge on any atom is 0.410 e. The highest BCUT2D eigenvalue weighted by Crippen LogP contribution is 2.10. The van der Waals surface area contributed by atoms with E-state index >= 15 is 0 Å². The molecule has 0 saturated carbocycles. The molecule has 0 unspecified atom stereocenters. The number of aliphatic hydroxyl groups excluding tert-OH is 1. The average molecular weight is 277 g/mol.